The fourth-order valence-corrected chi connectivity index (χ4v) is 2.28. The Kier molecular flexibility index (Phi) is 5.10. The summed E-state index contributed by atoms with van der Waals surface area (Å²) in [6.07, 6.45) is -5.50. The van der Waals surface area contributed by atoms with Gasteiger partial charge in [0.25, 0.3) is 0 Å². The number of ketones is 1. The minimum absolute atomic E-state index is 0.0219. The first kappa shape index (κ1) is 18.4. The van der Waals surface area contributed by atoms with Gasteiger partial charge in [0.15, 0.2) is 5.78 Å². The van der Waals surface area contributed by atoms with Gasteiger partial charge in [-0.1, -0.05) is 12.1 Å². The van der Waals surface area contributed by atoms with Gasteiger partial charge in [-0.3, -0.25) is 9.59 Å². The molecule has 0 unspecified atom stereocenters. The number of hydrogen-bond acceptors (Lipinski definition) is 3. The minimum atomic E-state index is -4.87. The molecule has 0 radical (unpaired) electrons. The highest BCUT2D eigenvalue weighted by atomic mass is 19.4. The highest BCUT2D eigenvalue weighted by Crippen LogP contribution is 2.33. The molecule has 0 aromatic heterocycles. The molecule has 0 atom stereocenters. The monoisotopic (exact) mass is 355 g/mol. The molecule has 0 aliphatic heterocycles. The van der Waals surface area contributed by atoms with Gasteiger partial charge >= 0.3 is 6.18 Å². The van der Waals surface area contributed by atoms with Gasteiger partial charge in [-0.15, -0.1) is 0 Å². The topological polar surface area (TPSA) is 69.4 Å². The number of ether oxygens (including phenoxy) is 1. The third-order valence-corrected chi connectivity index (χ3v) is 3.52. The average molecular weight is 355 g/mol. The van der Waals surface area contributed by atoms with Gasteiger partial charge in [0.05, 0.1) is 18.2 Å². The summed E-state index contributed by atoms with van der Waals surface area (Å²) >= 11 is 0. The zero-order valence-electron chi connectivity index (χ0n) is 13.0. The third kappa shape index (κ3) is 3.96. The maximum Gasteiger partial charge on any atom is 0.419 e. The van der Waals surface area contributed by atoms with Crippen molar-refractivity contribution in [1.29, 1.82) is 0 Å². The highest BCUT2D eigenvalue weighted by Gasteiger charge is 2.35. The number of hydrogen-bond donors (Lipinski definition) is 1. The summed E-state index contributed by atoms with van der Waals surface area (Å²) in [7, 11) is 1.28. The highest BCUT2D eigenvalue weighted by molar-refractivity contribution is 6.03. The summed E-state index contributed by atoms with van der Waals surface area (Å²) in [4.78, 5) is 23.6. The van der Waals surface area contributed by atoms with Crippen LogP contribution >= 0.6 is 0 Å². The molecule has 2 N–H and O–H groups in total. The summed E-state index contributed by atoms with van der Waals surface area (Å²) in [5, 5.41) is 0. The Morgan fingerprint density at radius 3 is 2.40 bits per heavy atom. The van der Waals surface area contributed by atoms with Crippen LogP contribution in [0.5, 0.6) is 5.75 Å². The van der Waals surface area contributed by atoms with Crippen molar-refractivity contribution in [2.45, 2.75) is 12.6 Å². The second-order valence-corrected chi connectivity index (χ2v) is 5.16. The van der Waals surface area contributed by atoms with E-state index in [9.17, 15) is 27.2 Å². The molecule has 0 saturated heterocycles. The second kappa shape index (κ2) is 6.92. The smallest absolute Gasteiger partial charge is 0.419 e. The lowest BCUT2D eigenvalue weighted by Gasteiger charge is -2.12. The quantitative estimate of drug-likeness (QED) is 0.660. The molecular formula is C17H13F4NO3. The maximum atomic E-state index is 14.1. The number of rotatable bonds is 5. The molecule has 0 heterocycles. The Balaban J connectivity index is 2.41. The van der Waals surface area contributed by atoms with Crippen LogP contribution in [0.2, 0.25) is 0 Å². The van der Waals surface area contributed by atoms with E-state index < -0.39 is 41.2 Å². The Morgan fingerprint density at radius 2 is 1.84 bits per heavy atom. The lowest BCUT2D eigenvalue weighted by molar-refractivity contribution is -0.140. The molecule has 0 aliphatic carbocycles. The van der Waals surface area contributed by atoms with Crippen LogP contribution in [0.1, 0.15) is 31.8 Å². The number of halogens is 4. The van der Waals surface area contributed by atoms with Gasteiger partial charge in [-0.2, -0.15) is 13.2 Å². The van der Waals surface area contributed by atoms with Crippen molar-refractivity contribution in [2.24, 2.45) is 5.73 Å². The van der Waals surface area contributed by atoms with Crippen LogP contribution in [-0.4, -0.2) is 18.8 Å². The molecule has 2 rings (SSSR count). The molecular weight excluding hydrogens is 342 g/mol. The van der Waals surface area contributed by atoms with Crippen molar-refractivity contribution in [2.75, 3.05) is 7.11 Å². The standard InChI is InChI=1S/C17H13F4NO3/c1-25-14-6-5-10(16(22)24)7-11(14)13(23)8-9-3-2-4-12(15(9)18)17(19,20)21/h2-7H,8H2,1H3,(H2,22,24). The Hall–Kier alpha value is -2.90. The van der Waals surface area contributed by atoms with Gasteiger partial charge in [-0.05, 0) is 29.8 Å². The summed E-state index contributed by atoms with van der Waals surface area (Å²) < 4.78 is 57.3. The van der Waals surface area contributed by atoms with Crippen LogP contribution in [0.3, 0.4) is 0 Å². The molecule has 4 nitrogen and oxygen atoms in total. The van der Waals surface area contributed by atoms with Crippen LogP contribution in [0.4, 0.5) is 17.6 Å². The number of amides is 1. The molecule has 2 aromatic rings. The summed E-state index contributed by atoms with van der Waals surface area (Å²) in [5.74, 6) is -2.91. The number of Topliss-reactive ketones (excluding diaryl/α,β-unsaturated/α-hetero) is 1. The van der Waals surface area contributed by atoms with Crippen molar-refractivity contribution in [1.82, 2.24) is 0 Å². The zero-order valence-corrected chi connectivity index (χ0v) is 13.0. The van der Waals surface area contributed by atoms with Gasteiger partial charge in [0.2, 0.25) is 5.91 Å². The molecule has 0 saturated carbocycles. The Morgan fingerprint density at radius 1 is 1.16 bits per heavy atom. The number of nitrogens with two attached hydrogens (primary N) is 1. The minimum Gasteiger partial charge on any atom is -0.496 e. The van der Waals surface area contributed by atoms with E-state index in [1.54, 1.807) is 0 Å². The van der Waals surface area contributed by atoms with Gasteiger partial charge in [-0.25, -0.2) is 4.39 Å². The molecule has 0 bridgehead atoms. The molecule has 8 heteroatoms. The molecule has 0 spiro atoms. The van der Waals surface area contributed by atoms with Crippen LogP contribution < -0.4 is 10.5 Å². The number of carbonyl (C=O) groups is 2. The van der Waals surface area contributed by atoms with E-state index in [0.29, 0.717) is 6.07 Å². The lowest BCUT2D eigenvalue weighted by atomic mass is 9.98. The molecule has 0 fully saturated rings. The maximum absolute atomic E-state index is 14.1. The predicted octanol–water partition coefficient (Wildman–Crippen LogP) is 3.38. The summed E-state index contributed by atoms with van der Waals surface area (Å²) in [6.45, 7) is 0. The van der Waals surface area contributed by atoms with Crippen LogP contribution in [0, 0.1) is 5.82 Å². The van der Waals surface area contributed by atoms with Crippen LogP contribution in [-0.2, 0) is 12.6 Å². The average Bonchev–Trinajstić information content (AvgIpc) is 2.54. The zero-order chi connectivity index (χ0) is 18.8. The lowest BCUT2D eigenvalue weighted by Crippen LogP contribution is -2.15. The normalized spacial score (nSPS) is 11.2. The van der Waals surface area contributed by atoms with Crippen molar-refractivity contribution >= 4 is 11.7 Å². The molecule has 1 amide bonds. The largest absolute Gasteiger partial charge is 0.496 e. The fraction of sp³-hybridized carbons (Fsp3) is 0.176. The summed E-state index contributed by atoms with van der Waals surface area (Å²) in [6, 6.07) is 6.53. The van der Waals surface area contributed by atoms with E-state index in [1.165, 1.54) is 19.2 Å². The Bertz CT molecular complexity index is 831. The van der Waals surface area contributed by atoms with Crippen LogP contribution in [0.15, 0.2) is 36.4 Å². The van der Waals surface area contributed by atoms with E-state index in [1.807, 2.05) is 0 Å². The predicted molar refractivity (Wildman–Crippen MR) is 80.9 cm³/mol. The second-order valence-electron chi connectivity index (χ2n) is 5.16. The van der Waals surface area contributed by atoms with Crippen molar-refractivity contribution in [3.63, 3.8) is 0 Å². The third-order valence-electron chi connectivity index (χ3n) is 3.52. The van der Waals surface area contributed by atoms with Gasteiger partial charge in [0.1, 0.15) is 11.6 Å². The first-order valence-corrected chi connectivity index (χ1v) is 7.00. The number of alkyl halides is 3. The first-order chi connectivity index (χ1) is 11.6. The Labute approximate surface area is 140 Å². The molecule has 0 aliphatic rings. The molecule has 25 heavy (non-hydrogen) atoms. The van der Waals surface area contributed by atoms with E-state index in [4.69, 9.17) is 10.5 Å². The fourth-order valence-electron chi connectivity index (χ4n) is 2.28. The van der Waals surface area contributed by atoms with Gasteiger partial charge < -0.3 is 10.5 Å². The molecule has 2 aromatic carbocycles. The van der Waals surface area contributed by atoms with Crippen molar-refractivity contribution < 1.29 is 31.9 Å². The van der Waals surface area contributed by atoms with Crippen molar-refractivity contribution in [3.8, 4) is 5.75 Å². The van der Waals surface area contributed by atoms with E-state index in [2.05, 4.69) is 0 Å². The molecule has 132 valence electrons. The van der Waals surface area contributed by atoms with Crippen LogP contribution in [0.25, 0.3) is 0 Å². The SMILES string of the molecule is COc1ccc(C(N)=O)cc1C(=O)Cc1cccc(C(F)(F)F)c1F. The van der Waals surface area contributed by atoms with E-state index in [0.717, 1.165) is 18.2 Å². The van der Waals surface area contributed by atoms with E-state index in [-0.39, 0.29) is 16.9 Å². The van der Waals surface area contributed by atoms with E-state index >= 15 is 0 Å². The summed E-state index contributed by atoms with van der Waals surface area (Å²) in [5.41, 5.74) is 3.23. The van der Waals surface area contributed by atoms with Crippen molar-refractivity contribution in [3.05, 3.63) is 64.5 Å². The number of primary amides is 1. The number of benzene rings is 2. The number of carbonyl (C=O) groups excluding carboxylic acids is 2. The number of methoxy groups -OCH3 is 1. The first-order valence-electron chi connectivity index (χ1n) is 7.00. The van der Waals surface area contributed by atoms with Gasteiger partial charge in [0, 0.05) is 12.0 Å².